The second-order valence-electron chi connectivity index (χ2n) is 5.69. The summed E-state index contributed by atoms with van der Waals surface area (Å²) in [6, 6.07) is 4.51. The van der Waals surface area contributed by atoms with Gasteiger partial charge in [-0.1, -0.05) is 0 Å². The van der Waals surface area contributed by atoms with E-state index in [4.69, 9.17) is 10.6 Å². The highest BCUT2D eigenvalue weighted by molar-refractivity contribution is 5.37. The van der Waals surface area contributed by atoms with E-state index in [1.807, 2.05) is 0 Å². The third-order valence-corrected chi connectivity index (χ3v) is 4.21. The molecule has 21 heavy (non-hydrogen) atoms. The molecule has 0 saturated carbocycles. The number of methoxy groups -OCH3 is 1. The zero-order valence-electron chi connectivity index (χ0n) is 13.0. The Kier molecular flexibility index (Phi) is 5.52. The Balaban J connectivity index is 2.35. The van der Waals surface area contributed by atoms with Crippen LogP contribution in [-0.4, -0.2) is 56.7 Å². The van der Waals surface area contributed by atoms with Crippen LogP contribution in [0.15, 0.2) is 18.2 Å². The largest absolute Gasteiger partial charge is 0.496 e. The van der Waals surface area contributed by atoms with Crippen LogP contribution >= 0.6 is 0 Å². The van der Waals surface area contributed by atoms with E-state index in [9.17, 15) is 4.39 Å². The van der Waals surface area contributed by atoms with E-state index in [0.717, 1.165) is 31.6 Å². The zero-order chi connectivity index (χ0) is 15.4. The summed E-state index contributed by atoms with van der Waals surface area (Å²) in [6.07, 6.45) is 1.11. The van der Waals surface area contributed by atoms with Gasteiger partial charge in [0.2, 0.25) is 0 Å². The molecule has 2 unspecified atom stereocenters. The molecule has 1 saturated heterocycles. The molecule has 1 aliphatic rings. The van der Waals surface area contributed by atoms with E-state index < -0.39 is 0 Å². The lowest BCUT2D eigenvalue weighted by Crippen LogP contribution is -2.49. The van der Waals surface area contributed by atoms with E-state index in [2.05, 4.69) is 29.3 Å². The fraction of sp³-hybridized carbons (Fsp3) is 0.600. The number of hydrogen-bond donors (Lipinski definition) is 2. The molecule has 118 valence electrons. The van der Waals surface area contributed by atoms with Crippen LogP contribution in [0.5, 0.6) is 5.75 Å². The van der Waals surface area contributed by atoms with Crippen LogP contribution in [-0.2, 0) is 0 Å². The number of halogens is 1. The molecule has 2 rings (SSSR count). The first-order chi connectivity index (χ1) is 10.1. The number of rotatable bonds is 4. The highest BCUT2D eigenvalue weighted by atomic mass is 19.1. The lowest BCUT2D eigenvalue weighted by molar-refractivity contribution is 0.176. The van der Waals surface area contributed by atoms with Gasteiger partial charge in [0.25, 0.3) is 0 Å². The normalized spacial score (nSPS) is 22.8. The molecule has 0 spiro atoms. The summed E-state index contributed by atoms with van der Waals surface area (Å²) in [5.74, 6) is 6.17. The number of hydrogen-bond acceptors (Lipinski definition) is 5. The molecule has 1 aromatic carbocycles. The van der Waals surface area contributed by atoms with Crippen molar-refractivity contribution >= 4 is 0 Å². The molecule has 3 N–H and O–H groups in total. The van der Waals surface area contributed by atoms with E-state index in [0.29, 0.717) is 5.75 Å². The molecule has 0 aliphatic carbocycles. The van der Waals surface area contributed by atoms with Gasteiger partial charge < -0.3 is 14.5 Å². The average Bonchev–Trinajstić information content (AvgIpc) is 2.62. The van der Waals surface area contributed by atoms with Gasteiger partial charge in [0.1, 0.15) is 11.6 Å². The molecule has 1 aromatic rings. The van der Waals surface area contributed by atoms with Crippen LogP contribution in [0.25, 0.3) is 0 Å². The van der Waals surface area contributed by atoms with Crippen molar-refractivity contribution in [1.82, 2.24) is 15.2 Å². The van der Waals surface area contributed by atoms with Crippen molar-refractivity contribution in [3.63, 3.8) is 0 Å². The highest BCUT2D eigenvalue weighted by Gasteiger charge is 2.31. The van der Waals surface area contributed by atoms with Crippen molar-refractivity contribution in [1.29, 1.82) is 0 Å². The summed E-state index contributed by atoms with van der Waals surface area (Å²) < 4.78 is 19.0. The van der Waals surface area contributed by atoms with Gasteiger partial charge in [-0.05, 0) is 51.8 Å². The van der Waals surface area contributed by atoms with E-state index in [1.165, 1.54) is 12.1 Å². The second-order valence-corrected chi connectivity index (χ2v) is 5.69. The van der Waals surface area contributed by atoms with Crippen LogP contribution in [0.2, 0.25) is 0 Å². The van der Waals surface area contributed by atoms with Gasteiger partial charge in [-0.25, -0.2) is 4.39 Å². The predicted octanol–water partition coefficient (Wildman–Crippen LogP) is 0.975. The van der Waals surface area contributed by atoms with Gasteiger partial charge in [-0.2, -0.15) is 0 Å². The van der Waals surface area contributed by atoms with Crippen molar-refractivity contribution in [2.75, 3.05) is 40.8 Å². The Bertz CT molecular complexity index is 471. The molecule has 0 aromatic heterocycles. The minimum Gasteiger partial charge on any atom is -0.496 e. The first-order valence-corrected chi connectivity index (χ1v) is 7.25. The quantitative estimate of drug-likeness (QED) is 0.641. The summed E-state index contributed by atoms with van der Waals surface area (Å²) in [5.41, 5.74) is 3.61. The van der Waals surface area contributed by atoms with Crippen molar-refractivity contribution in [3.8, 4) is 5.75 Å². The number of nitrogens with zero attached hydrogens (tertiary/aromatic N) is 2. The standard InChI is InChI=1S/C15H25FN4O/c1-19-7-4-8-20(2)13(10-19)15(18-17)12-9-11(16)5-6-14(12)21-3/h5-6,9,13,15,18H,4,7-8,10,17H2,1-3H3. The Morgan fingerprint density at radius 2 is 2.14 bits per heavy atom. The maximum absolute atomic E-state index is 13.7. The Morgan fingerprint density at radius 3 is 2.81 bits per heavy atom. The minimum atomic E-state index is -0.282. The van der Waals surface area contributed by atoms with Gasteiger partial charge >= 0.3 is 0 Å². The molecule has 0 amide bonds. The van der Waals surface area contributed by atoms with Crippen molar-refractivity contribution in [2.45, 2.75) is 18.5 Å². The number of likely N-dealkylation sites (N-methyl/N-ethyl adjacent to an activating group) is 2. The molecule has 1 aliphatic heterocycles. The topological polar surface area (TPSA) is 53.8 Å². The van der Waals surface area contributed by atoms with Crippen molar-refractivity contribution in [3.05, 3.63) is 29.6 Å². The fourth-order valence-electron chi connectivity index (χ4n) is 3.02. The van der Waals surface area contributed by atoms with E-state index in [1.54, 1.807) is 13.2 Å². The van der Waals surface area contributed by atoms with Gasteiger partial charge in [0, 0.05) is 18.2 Å². The lowest BCUT2D eigenvalue weighted by Gasteiger charge is -2.35. The fourth-order valence-corrected chi connectivity index (χ4v) is 3.02. The first kappa shape index (κ1) is 16.2. The molecule has 1 fully saturated rings. The average molecular weight is 296 g/mol. The van der Waals surface area contributed by atoms with Gasteiger partial charge in [-0.15, -0.1) is 0 Å². The molecule has 6 heteroatoms. The number of nitrogens with two attached hydrogens (primary N) is 1. The molecule has 0 radical (unpaired) electrons. The molecule has 0 bridgehead atoms. The minimum absolute atomic E-state index is 0.151. The molecule has 1 heterocycles. The van der Waals surface area contributed by atoms with Crippen LogP contribution < -0.4 is 16.0 Å². The van der Waals surface area contributed by atoms with Gasteiger partial charge in [0.15, 0.2) is 0 Å². The zero-order valence-corrected chi connectivity index (χ0v) is 13.0. The van der Waals surface area contributed by atoms with Crippen LogP contribution in [0.3, 0.4) is 0 Å². The second kappa shape index (κ2) is 7.17. The number of hydrazine groups is 1. The monoisotopic (exact) mass is 296 g/mol. The van der Waals surface area contributed by atoms with Crippen LogP contribution in [0.1, 0.15) is 18.0 Å². The van der Waals surface area contributed by atoms with Crippen molar-refractivity contribution in [2.24, 2.45) is 5.84 Å². The lowest BCUT2D eigenvalue weighted by atomic mass is 9.97. The highest BCUT2D eigenvalue weighted by Crippen LogP contribution is 2.30. The van der Waals surface area contributed by atoms with Crippen molar-refractivity contribution < 1.29 is 9.13 Å². The predicted molar refractivity (Wildman–Crippen MR) is 81.5 cm³/mol. The third kappa shape index (κ3) is 3.71. The summed E-state index contributed by atoms with van der Waals surface area (Å²) in [5, 5.41) is 0. The Labute approximate surface area is 125 Å². The molecular weight excluding hydrogens is 271 g/mol. The summed E-state index contributed by atoms with van der Waals surface area (Å²) in [6.45, 7) is 2.91. The first-order valence-electron chi connectivity index (χ1n) is 7.25. The summed E-state index contributed by atoms with van der Waals surface area (Å²) in [7, 11) is 5.77. The maximum atomic E-state index is 13.7. The number of ether oxygens (including phenoxy) is 1. The SMILES string of the molecule is COc1ccc(F)cc1C(NN)C1CN(C)CCCN1C. The summed E-state index contributed by atoms with van der Waals surface area (Å²) >= 11 is 0. The smallest absolute Gasteiger partial charge is 0.123 e. The maximum Gasteiger partial charge on any atom is 0.123 e. The number of benzene rings is 1. The number of nitrogens with one attached hydrogen (secondary N) is 1. The summed E-state index contributed by atoms with van der Waals surface area (Å²) in [4.78, 5) is 4.56. The van der Waals surface area contributed by atoms with Gasteiger partial charge in [-0.3, -0.25) is 11.3 Å². The van der Waals surface area contributed by atoms with E-state index >= 15 is 0 Å². The van der Waals surface area contributed by atoms with Gasteiger partial charge in [0.05, 0.1) is 13.2 Å². The van der Waals surface area contributed by atoms with E-state index in [-0.39, 0.29) is 17.9 Å². The van der Waals surface area contributed by atoms with Crippen LogP contribution in [0, 0.1) is 5.82 Å². The third-order valence-electron chi connectivity index (χ3n) is 4.21. The van der Waals surface area contributed by atoms with Crippen LogP contribution in [0.4, 0.5) is 4.39 Å². The molecule has 5 nitrogen and oxygen atoms in total. The molecule has 2 atom stereocenters. The Hall–Kier alpha value is -1.21. The Morgan fingerprint density at radius 1 is 1.38 bits per heavy atom. The molecular formula is C15H25FN4O.